The molecule has 1 aromatic rings. The maximum Gasteiger partial charge on any atom is 0.123 e. The standard InChI is InChI=1S/C17H27NOS/c1-5-14(13-8-6-7-9-15(13)19-4)18-16-12-20-11-10-17(16,2)3/h6-9,14,16,18H,5,10-12H2,1-4H3. The fraction of sp³-hybridized carbons (Fsp3) is 0.647. The lowest BCUT2D eigenvalue weighted by molar-refractivity contribution is 0.225. The molecule has 2 rings (SSSR count). The second-order valence-electron chi connectivity index (χ2n) is 6.24. The summed E-state index contributed by atoms with van der Waals surface area (Å²) in [5, 5.41) is 3.89. The number of hydrogen-bond donors (Lipinski definition) is 1. The molecule has 0 spiro atoms. The van der Waals surface area contributed by atoms with Gasteiger partial charge in [-0.3, -0.25) is 0 Å². The summed E-state index contributed by atoms with van der Waals surface area (Å²) in [4.78, 5) is 0. The van der Waals surface area contributed by atoms with Gasteiger partial charge in [0.2, 0.25) is 0 Å². The van der Waals surface area contributed by atoms with Gasteiger partial charge in [0.15, 0.2) is 0 Å². The van der Waals surface area contributed by atoms with E-state index in [2.05, 4.69) is 56.0 Å². The summed E-state index contributed by atoms with van der Waals surface area (Å²) < 4.78 is 5.52. The molecule has 1 aliphatic heterocycles. The molecule has 1 heterocycles. The Morgan fingerprint density at radius 1 is 1.40 bits per heavy atom. The predicted octanol–water partition coefficient (Wildman–Crippen LogP) is 4.27. The highest BCUT2D eigenvalue weighted by atomic mass is 32.2. The van der Waals surface area contributed by atoms with Crippen LogP contribution < -0.4 is 10.1 Å². The molecular formula is C17H27NOS. The van der Waals surface area contributed by atoms with Crippen molar-refractivity contribution in [3.63, 3.8) is 0 Å². The van der Waals surface area contributed by atoms with Crippen molar-refractivity contribution in [3.05, 3.63) is 29.8 Å². The molecule has 1 aromatic carbocycles. The molecule has 1 saturated heterocycles. The van der Waals surface area contributed by atoms with Gasteiger partial charge in [-0.1, -0.05) is 39.0 Å². The van der Waals surface area contributed by atoms with Crippen LogP contribution in [-0.4, -0.2) is 24.7 Å². The van der Waals surface area contributed by atoms with Crippen LogP contribution in [-0.2, 0) is 0 Å². The number of methoxy groups -OCH3 is 1. The van der Waals surface area contributed by atoms with Crippen LogP contribution in [0.4, 0.5) is 0 Å². The zero-order chi connectivity index (χ0) is 14.6. The van der Waals surface area contributed by atoms with Gasteiger partial charge in [-0.25, -0.2) is 0 Å². The first-order valence-electron chi connectivity index (χ1n) is 7.55. The van der Waals surface area contributed by atoms with Crippen LogP contribution in [0.25, 0.3) is 0 Å². The molecule has 0 bridgehead atoms. The van der Waals surface area contributed by atoms with Gasteiger partial charge in [0, 0.05) is 23.4 Å². The number of nitrogens with one attached hydrogen (secondary N) is 1. The smallest absolute Gasteiger partial charge is 0.123 e. The van der Waals surface area contributed by atoms with Crippen molar-refractivity contribution in [2.45, 2.75) is 45.7 Å². The van der Waals surface area contributed by atoms with Crippen LogP contribution >= 0.6 is 11.8 Å². The molecule has 2 unspecified atom stereocenters. The number of rotatable bonds is 5. The van der Waals surface area contributed by atoms with E-state index in [0.29, 0.717) is 17.5 Å². The van der Waals surface area contributed by atoms with E-state index in [9.17, 15) is 0 Å². The van der Waals surface area contributed by atoms with Crippen LogP contribution in [0.3, 0.4) is 0 Å². The Balaban J connectivity index is 2.16. The van der Waals surface area contributed by atoms with E-state index in [0.717, 1.165) is 12.2 Å². The first-order valence-corrected chi connectivity index (χ1v) is 8.70. The summed E-state index contributed by atoms with van der Waals surface area (Å²) in [7, 11) is 1.76. The van der Waals surface area contributed by atoms with Gasteiger partial charge < -0.3 is 10.1 Å². The molecule has 2 nitrogen and oxygen atoms in total. The topological polar surface area (TPSA) is 21.3 Å². The van der Waals surface area contributed by atoms with E-state index in [1.54, 1.807) is 7.11 Å². The van der Waals surface area contributed by atoms with Crippen molar-refractivity contribution in [1.82, 2.24) is 5.32 Å². The summed E-state index contributed by atoms with van der Waals surface area (Å²) in [6.45, 7) is 7.02. The number of para-hydroxylation sites is 1. The molecule has 1 aliphatic rings. The molecule has 0 radical (unpaired) electrons. The zero-order valence-corrected chi connectivity index (χ0v) is 13.9. The largest absolute Gasteiger partial charge is 0.496 e. The Labute approximate surface area is 127 Å². The van der Waals surface area contributed by atoms with Gasteiger partial charge in [0.25, 0.3) is 0 Å². The van der Waals surface area contributed by atoms with E-state index in [1.807, 2.05) is 6.07 Å². The molecule has 20 heavy (non-hydrogen) atoms. The predicted molar refractivity (Wildman–Crippen MR) is 88.7 cm³/mol. The average Bonchev–Trinajstić information content (AvgIpc) is 2.46. The molecule has 1 fully saturated rings. The Bertz CT molecular complexity index is 433. The normalized spacial score (nSPS) is 23.3. The van der Waals surface area contributed by atoms with Crippen LogP contribution in [0, 0.1) is 5.41 Å². The molecule has 0 amide bonds. The molecule has 1 N–H and O–H groups in total. The lowest BCUT2D eigenvalue weighted by Gasteiger charge is -2.41. The highest BCUT2D eigenvalue weighted by Crippen LogP contribution is 2.37. The third-order valence-corrected chi connectivity index (χ3v) is 5.51. The van der Waals surface area contributed by atoms with Gasteiger partial charge in [-0.2, -0.15) is 11.8 Å². The zero-order valence-electron chi connectivity index (χ0n) is 13.1. The molecule has 0 aliphatic carbocycles. The second-order valence-corrected chi connectivity index (χ2v) is 7.39. The fourth-order valence-electron chi connectivity index (χ4n) is 2.83. The van der Waals surface area contributed by atoms with Crippen molar-refractivity contribution in [2.75, 3.05) is 18.6 Å². The second kappa shape index (κ2) is 6.86. The van der Waals surface area contributed by atoms with Crippen molar-refractivity contribution < 1.29 is 4.74 Å². The molecule has 112 valence electrons. The number of benzene rings is 1. The molecule has 3 heteroatoms. The van der Waals surface area contributed by atoms with Crippen molar-refractivity contribution in [2.24, 2.45) is 5.41 Å². The third kappa shape index (κ3) is 3.50. The van der Waals surface area contributed by atoms with Crippen LogP contribution in [0.1, 0.15) is 45.2 Å². The summed E-state index contributed by atoms with van der Waals surface area (Å²) in [6.07, 6.45) is 2.37. The monoisotopic (exact) mass is 293 g/mol. The average molecular weight is 293 g/mol. The van der Waals surface area contributed by atoms with E-state index in [1.165, 1.54) is 23.5 Å². The highest BCUT2D eigenvalue weighted by molar-refractivity contribution is 7.99. The first-order chi connectivity index (χ1) is 9.58. The summed E-state index contributed by atoms with van der Waals surface area (Å²) in [5.74, 6) is 3.49. The van der Waals surface area contributed by atoms with Crippen molar-refractivity contribution in [1.29, 1.82) is 0 Å². The van der Waals surface area contributed by atoms with Gasteiger partial charge in [-0.15, -0.1) is 0 Å². The minimum absolute atomic E-state index is 0.370. The first kappa shape index (κ1) is 15.7. The molecule has 2 atom stereocenters. The van der Waals surface area contributed by atoms with E-state index < -0.39 is 0 Å². The SMILES string of the molecule is CCC(NC1CSCCC1(C)C)c1ccccc1OC. The molecule has 0 saturated carbocycles. The summed E-state index contributed by atoms with van der Waals surface area (Å²) >= 11 is 2.07. The lowest BCUT2D eigenvalue weighted by atomic mass is 9.81. The minimum atomic E-state index is 0.370. The Hall–Kier alpha value is -0.670. The quantitative estimate of drug-likeness (QED) is 0.876. The van der Waals surface area contributed by atoms with E-state index in [4.69, 9.17) is 4.74 Å². The van der Waals surface area contributed by atoms with Gasteiger partial charge in [0.1, 0.15) is 5.75 Å². The van der Waals surface area contributed by atoms with Gasteiger partial charge in [-0.05, 0) is 30.1 Å². The Morgan fingerprint density at radius 3 is 2.80 bits per heavy atom. The maximum absolute atomic E-state index is 5.52. The van der Waals surface area contributed by atoms with Gasteiger partial charge in [0.05, 0.1) is 7.11 Å². The third-order valence-electron chi connectivity index (χ3n) is 4.44. The summed E-state index contributed by atoms with van der Waals surface area (Å²) in [5.41, 5.74) is 1.66. The van der Waals surface area contributed by atoms with Crippen molar-refractivity contribution in [3.8, 4) is 5.75 Å². The van der Waals surface area contributed by atoms with Crippen LogP contribution in [0.2, 0.25) is 0 Å². The highest BCUT2D eigenvalue weighted by Gasteiger charge is 2.34. The molecular weight excluding hydrogens is 266 g/mol. The number of thioether (sulfide) groups is 1. The molecule has 0 aromatic heterocycles. The Morgan fingerprint density at radius 2 is 2.15 bits per heavy atom. The maximum atomic E-state index is 5.52. The number of ether oxygens (including phenoxy) is 1. The summed E-state index contributed by atoms with van der Waals surface area (Å²) in [6, 6.07) is 9.31. The van der Waals surface area contributed by atoms with E-state index in [-0.39, 0.29) is 0 Å². The fourth-order valence-corrected chi connectivity index (χ4v) is 4.45. The van der Waals surface area contributed by atoms with Gasteiger partial charge >= 0.3 is 0 Å². The van der Waals surface area contributed by atoms with Crippen molar-refractivity contribution >= 4 is 11.8 Å². The number of hydrogen-bond acceptors (Lipinski definition) is 3. The van der Waals surface area contributed by atoms with Crippen LogP contribution in [0.15, 0.2) is 24.3 Å². The lowest BCUT2D eigenvalue weighted by Crippen LogP contribution is -2.47. The van der Waals surface area contributed by atoms with Crippen LogP contribution in [0.5, 0.6) is 5.75 Å². The van der Waals surface area contributed by atoms with E-state index >= 15 is 0 Å². The minimum Gasteiger partial charge on any atom is -0.496 e. The Kier molecular flexibility index (Phi) is 5.39.